The van der Waals surface area contributed by atoms with E-state index in [4.69, 9.17) is 27.3 Å². The van der Waals surface area contributed by atoms with Gasteiger partial charge in [-0.3, -0.25) is 0 Å². The minimum atomic E-state index is -0.0638. The maximum absolute atomic E-state index is 8.60. The van der Waals surface area contributed by atoms with E-state index in [-0.39, 0.29) is 10.9 Å². The molecule has 1 rings (SSSR count). The molecule has 0 radical (unpaired) electrons. The summed E-state index contributed by atoms with van der Waals surface area (Å²) in [4.78, 5) is 4.01. The van der Waals surface area contributed by atoms with Crippen LogP contribution in [0.3, 0.4) is 0 Å². The van der Waals surface area contributed by atoms with Gasteiger partial charge < -0.3 is 15.7 Å². The van der Waals surface area contributed by atoms with Gasteiger partial charge in [0.25, 0.3) is 0 Å². The zero-order valence-corrected chi connectivity index (χ0v) is 10.6. The van der Waals surface area contributed by atoms with E-state index < -0.39 is 0 Å². The number of halogens is 1. The Morgan fingerprint density at radius 3 is 2.94 bits per heavy atom. The second kappa shape index (κ2) is 6.30. The predicted molar refractivity (Wildman–Crippen MR) is 66.7 cm³/mol. The fraction of sp³-hybridized carbons (Fsp3) is 0.455. The quantitative estimate of drug-likeness (QED) is 0.367. The molecule has 0 bridgehead atoms. The molecule has 0 aliphatic rings. The zero-order valence-electron chi connectivity index (χ0n) is 9.85. The average Bonchev–Trinajstić information content (AvgIpc) is 2.30. The van der Waals surface area contributed by atoms with Crippen LogP contribution in [0.1, 0.15) is 25.8 Å². The summed E-state index contributed by atoms with van der Waals surface area (Å²) in [7, 11) is 0. The first-order valence-electron chi connectivity index (χ1n) is 5.31. The summed E-state index contributed by atoms with van der Waals surface area (Å²) >= 11 is 6.04. The minimum Gasteiger partial charge on any atom is -0.477 e. The molecule has 0 aliphatic heterocycles. The van der Waals surface area contributed by atoms with Crippen molar-refractivity contribution in [2.75, 3.05) is 6.61 Å². The molecule has 1 heterocycles. The fourth-order valence-corrected chi connectivity index (χ4v) is 1.43. The smallest absolute Gasteiger partial charge is 0.233 e. The highest BCUT2D eigenvalue weighted by Crippen LogP contribution is 2.25. The number of rotatable bonds is 5. The third-order valence-corrected chi connectivity index (χ3v) is 2.54. The molecule has 6 heteroatoms. The van der Waals surface area contributed by atoms with Crippen molar-refractivity contribution in [2.45, 2.75) is 20.3 Å². The Kier molecular flexibility index (Phi) is 5.03. The monoisotopic (exact) mass is 257 g/mol. The first-order valence-corrected chi connectivity index (χ1v) is 5.69. The molecule has 0 unspecified atom stereocenters. The maximum atomic E-state index is 8.60. The molecule has 5 nitrogen and oxygen atoms in total. The van der Waals surface area contributed by atoms with Gasteiger partial charge in [0.05, 0.1) is 6.61 Å². The number of pyridine rings is 1. The Hall–Kier alpha value is -1.49. The van der Waals surface area contributed by atoms with E-state index in [1.165, 1.54) is 6.20 Å². The van der Waals surface area contributed by atoms with Gasteiger partial charge in [0.2, 0.25) is 5.88 Å². The molecule has 0 aromatic carbocycles. The molecule has 0 atom stereocenters. The lowest BCUT2D eigenvalue weighted by Gasteiger charge is -2.10. The molecule has 94 valence electrons. The van der Waals surface area contributed by atoms with Gasteiger partial charge in [0.1, 0.15) is 5.02 Å². The van der Waals surface area contributed by atoms with Gasteiger partial charge in [0.15, 0.2) is 5.84 Å². The molecule has 0 saturated carbocycles. The molecule has 0 saturated heterocycles. The van der Waals surface area contributed by atoms with Crippen LogP contribution in [0, 0.1) is 5.92 Å². The fourth-order valence-electron chi connectivity index (χ4n) is 1.17. The van der Waals surface area contributed by atoms with E-state index in [9.17, 15) is 0 Å². The van der Waals surface area contributed by atoms with Crippen LogP contribution in [0.15, 0.2) is 17.4 Å². The Balaban J connectivity index is 2.80. The number of ether oxygens (including phenoxy) is 1. The van der Waals surface area contributed by atoms with Crippen LogP contribution in [0.5, 0.6) is 5.88 Å². The number of oxime groups is 1. The number of nitrogens with two attached hydrogens (primary N) is 1. The lowest BCUT2D eigenvalue weighted by atomic mass is 10.1. The summed E-state index contributed by atoms with van der Waals surface area (Å²) in [6.07, 6.45) is 2.41. The van der Waals surface area contributed by atoms with Crippen molar-refractivity contribution in [3.63, 3.8) is 0 Å². The number of hydrogen-bond donors (Lipinski definition) is 2. The summed E-state index contributed by atoms with van der Waals surface area (Å²) in [5, 5.41) is 11.7. The lowest BCUT2D eigenvalue weighted by Crippen LogP contribution is -2.14. The van der Waals surface area contributed by atoms with E-state index >= 15 is 0 Å². The normalized spacial score (nSPS) is 11.9. The highest BCUT2D eigenvalue weighted by Gasteiger charge is 2.12. The minimum absolute atomic E-state index is 0.0638. The topological polar surface area (TPSA) is 80.7 Å². The summed E-state index contributed by atoms with van der Waals surface area (Å²) in [5.41, 5.74) is 5.88. The van der Waals surface area contributed by atoms with Crippen molar-refractivity contribution >= 4 is 17.4 Å². The number of amidine groups is 1. The number of aromatic nitrogens is 1. The van der Waals surface area contributed by atoms with Crippen LogP contribution in [0.25, 0.3) is 0 Å². The Labute approximate surface area is 105 Å². The Morgan fingerprint density at radius 2 is 2.35 bits per heavy atom. The molecular formula is C11H16ClN3O2. The van der Waals surface area contributed by atoms with Crippen molar-refractivity contribution < 1.29 is 9.94 Å². The predicted octanol–water partition coefficient (Wildman–Crippen LogP) is 2.25. The Bertz CT molecular complexity index is 408. The van der Waals surface area contributed by atoms with Crippen LogP contribution in [0.2, 0.25) is 5.02 Å². The first-order chi connectivity index (χ1) is 8.06. The van der Waals surface area contributed by atoms with Crippen LogP contribution < -0.4 is 10.5 Å². The lowest BCUT2D eigenvalue weighted by molar-refractivity contribution is 0.279. The molecular weight excluding hydrogens is 242 g/mol. The van der Waals surface area contributed by atoms with Crippen molar-refractivity contribution in [3.8, 4) is 5.88 Å². The van der Waals surface area contributed by atoms with E-state index in [1.54, 1.807) is 6.07 Å². The van der Waals surface area contributed by atoms with Crippen LogP contribution in [-0.4, -0.2) is 22.6 Å². The van der Waals surface area contributed by atoms with E-state index in [0.717, 1.165) is 6.42 Å². The first kappa shape index (κ1) is 13.6. The molecule has 0 spiro atoms. The second-order valence-electron chi connectivity index (χ2n) is 3.99. The second-order valence-corrected chi connectivity index (χ2v) is 4.37. The molecule has 0 fully saturated rings. The molecule has 0 aliphatic carbocycles. The summed E-state index contributed by atoms with van der Waals surface area (Å²) in [6, 6.07) is 1.56. The summed E-state index contributed by atoms with van der Waals surface area (Å²) < 4.78 is 5.45. The largest absolute Gasteiger partial charge is 0.477 e. The van der Waals surface area contributed by atoms with Crippen molar-refractivity contribution in [1.29, 1.82) is 0 Å². The van der Waals surface area contributed by atoms with Crippen molar-refractivity contribution in [1.82, 2.24) is 4.98 Å². The van der Waals surface area contributed by atoms with Crippen LogP contribution in [-0.2, 0) is 0 Å². The maximum Gasteiger partial charge on any atom is 0.233 e. The molecule has 1 aromatic rings. The van der Waals surface area contributed by atoms with E-state index in [1.807, 2.05) is 0 Å². The molecule has 17 heavy (non-hydrogen) atoms. The van der Waals surface area contributed by atoms with Crippen LogP contribution >= 0.6 is 11.6 Å². The summed E-state index contributed by atoms with van der Waals surface area (Å²) in [5.74, 6) is 0.781. The SMILES string of the molecule is CC(C)CCOc1nccc(/C(N)=N/O)c1Cl. The van der Waals surface area contributed by atoms with E-state index in [0.29, 0.717) is 24.0 Å². The van der Waals surface area contributed by atoms with Gasteiger partial charge in [0, 0.05) is 11.8 Å². The van der Waals surface area contributed by atoms with Gasteiger partial charge in [-0.2, -0.15) is 0 Å². The molecule has 0 amide bonds. The highest BCUT2D eigenvalue weighted by atomic mass is 35.5. The third kappa shape index (κ3) is 3.78. The van der Waals surface area contributed by atoms with Crippen molar-refractivity contribution in [3.05, 3.63) is 22.8 Å². The zero-order chi connectivity index (χ0) is 12.8. The van der Waals surface area contributed by atoms with Gasteiger partial charge in [-0.15, -0.1) is 0 Å². The standard InChI is InChI=1S/C11H16ClN3O2/c1-7(2)4-6-17-11-9(12)8(3-5-14-11)10(13)15-16/h3,5,7,16H,4,6H2,1-2H3,(H2,13,15). The molecule has 1 aromatic heterocycles. The van der Waals surface area contributed by atoms with Crippen LogP contribution in [0.4, 0.5) is 0 Å². The van der Waals surface area contributed by atoms with Gasteiger partial charge >= 0.3 is 0 Å². The molecule has 3 N–H and O–H groups in total. The Morgan fingerprint density at radius 1 is 1.65 bits per heavy atom. The van der Waals surface area contributed by atoms with E-state index in [2.05, 4.69) is 24.0 Å². The summed E-state index contributed by atoms with van der Waals surface area (Å²) in [6.45, 7) is 4.74. The average molecular weight is 258 g/mol. The van der Waals surface area contributed by atoms with Gasteiger partial charge in [-0.05, 0) is 18.4 Å². The number of hydrogen-bond acceptors (Lipinski definition) is 4. The number of nitrogens with zero attached hydrogens (tertiary/aromatic N) is 2. The van der Waals surface area contributed by atoms with Gasteiger partial charge in [-0.25, -0.2) is 4.98 Å². The third-order valence-electron chi connectivity index (χ3n) is 2.17. The van der Waals surface area contributed by atoms with Crippen molar-refractivity contribution in [2.24, 2.45) is 16.8 Å². The van der Waals surface area contributed by atoms with Gasteiger partial charge in [-0.1, -0.05) is 30.6 Å². The highest BCUT2D eigenvalue weighted by molar-refractivity contribution is 6.35.